The molecule has 1 aliphatic carbocycles. The number of halogens is 4. The molecule has 0 saturated heterocycles. The van der Waals surface area contributed by atoms with E-state index in [1.807, 2.05) is 0 Å². The van der Waals surface area contributed by atoms with Crippen molar-refractivity contribution in [2.45, 2.75) is 31.0 Å². The second-order valence-electron chi connectivity index (χ2n) is 6.49. The van der Waals surface area contributed by atoms with Crippen LogP contribution < -0.4 is 5.32 Å². The van der Waals surface area contributed by atoms with Crippen molar-refractivity contribution < 1.29 is 32.3 Å². The number of nitrogens with one attached hydrogen (secondary N) is 1. The molecule has 3 rings (SSSR count). The third-order valence-electron chi connectivity index (χ3n) is 4.62. The van der Waals surface area contributed by atoms with Gasteiger partial charge in [-0.2, -0.15) is 13.2 Å². The van der Waals surface area contributed by atoms with E-state index in [4.69, 9.17) is 5.11 Å². The summed E-state index contributed by atoms with van der Waals surface area (Å²) in [6, 6.07) is 8.03. The lowest BCUT2D eigenvalue weighted by atomic mass is 9.93. The Morgan fingerprint density at radius 2 is 1.70 bits per heavy atom. The Hall–Kier alpha value is -2.90. The number of carboxylic acids is 1. The monoisotopic (exact) mass is 381 g/mol. The Morgan fingerprint density at radius 1 is 1.07 bits per heavy atom. The standard InChI is InChI=1S/C19H15F4NO3/c20-15-8-13(7-14(9-15)19(21,22)23)18(5-6-18)17(27)24-10-11-1-3-12(4-2-11)16(25)26/h1-4,7-9H,5-6,10H2,(H,24,27)(H,25,26). The summed E-state index contributed by atoms with van der Waals surface area (Å²) in [5, 5.41) is 11.5. The van der Waals surface area contributed by atoms with E-state index < -0.39 is 34.8 Å². The van der Waals surface area contributed by atoms with Crippen molar-refractivity contribution in [3.05, 3.63) is 70.5 Å². The quantitative estimate of drug-likeness (QED) is 0.773. The highest BCUT2D eigenvalue weighted by atomic mass is 19.4. The van der Waals surface area contributed by atoms with Crippen LogP contribution in [0.1, 0.15) is 39.9 Å². The molecular formula is C19H15F4NO3. The summed E-state index contributed by atoms with van der Waals surface area (Å²) in [4.78, 5) is 23.4. The lowest BCUT2D eigenvalue weighted by Gasteiger charge is -2.18. The summed E-state index contributed by atoms with van der Waals surface area (Å²) in [5.41, 5.74) is -1.54. The number of aromatic carboxylic acids is 1. The number of hydrogen-bond acceptors (Lipinski definition) is 2. The molecule has 0 spiro atoms. The van der Waals surface area contributed by atoms with Crippen molar-refractivity contribution in [1.82, 2.24) is 5.32 Å². The average molecular weight is 381 g/mol. The van der Waals surface area contributed by atoms with E-state index >= 15 is 0 Å². The molecule has 0 atom stereocenters. The highest BCUT2D eigenvalue weighted by Gasteiger charge is 2.52. The average Bonchev–Trinajstić information content (AvgIpc) is 3.40. The highest BCUT2D eigenvalue weighted by molar-refractivity contribution is 5.91. The predicted molar refractivity (Wildman–Crippen MR) is 87.6 cm³/mol. The summed E-state index contributed by atoms with van der Waals surface area (Å²) in [6.07, 6.45) is -4.04. The number of benzene rings is 2. The van der Waals surface area contributed by atoms with Crippen molar-refractivity contribution in [3.8, 4) is 0 Å². The van der Waals surface area contributed by atoms with Crippen LogP contribution in [-0.2, 0) is 22.9 Å². The van der Waals surface area contributed by atoms with Gasteiger partial charge in [-0.3, -0.25) is 4.79 Å². The molecule has 0 aliphatic heterocycles. The van der Waals surface area contributed by atoms with Gasteiger partial charge in [0.2, 0.25) is 5.91 Å². The van der Waals surface area contributed by atoms with Crippen LogP contribution in [0.25, 0.3) is 0 Å². The lowest BCUT2D eigenvalue weighted by Crippen LogP contribution is -2.34. The Morgan fingerprint density at radius 3 is 2.22 bits per heavy atom. The molecule has 0 bridgehead atoms. The van der Waals surface area contributed by atoms with Gasteiger partial charge in [0.25, 0.3) is 0 Å². The van der Waals surface area contributed by atoms with Crippen LogP contribution in [0.15, 0.2) is 42.5 Å². The first kappa shape index (κ1) is 18.9. The molecule has 0 aromatic heterocycles. The molecule has 2 N–H and O–H groups in total. The maximum atomic E-state index is 13.7. The van der Waals surface area contributed by atoms with E-state index in [0.29, 0.717) is 24.5 Å². The van der Waals surface area contributed by atoms with Crippen LogP contribution in [0.4, 0.5) is 17.6 Å². The van der Waals surface area contributed by atoms with E-state index in [9.17, 15) is 27.2 Å². The fourth-order valence-electron chi connectivity index (χ4n) is 2.92. The molecule has 1 saturated carbocycles. The van der Waals surface area contributed by atoms with E-state index in [0.717, 1.165) is 12.1 Å². The van der Waals surface area contributed by atoms with Crippen LogP contribution in [0.5, 0.6) is 0 Å². The molecule has 8 heteroatoms. The maximum Gasteiger partial charge on any atom is 0.416 e. The predicted octanol–water partition coefficient (Wildman–Crippen LogP) is 3.89. The fraction of sp³-hybridized carbons (Fsp3) is 0.263. The van der Waals surface area contributed by atoms with Gasteiger partial charge in [-0.1, -0.05) is 12.1 Å². The fourth-order valence-corrected chi connectivity index (χ4v) is 2.92. The summed E-state index contributed by atoms with van der Waals surface area (Å²) in [7, 11) is 0. The number of hydrogen-bond donors (Lipinski definition) is 2. The number of rotatable bonds is 5. The number of carbonyl (C=O) groups is 2. The number of carboxylic acid groups (broad SMARTS) is 1. The third kappa shape index (κ3) is 3.94. The van der Waals surface area contributed by atoms with Crippen molar-refractivity contribution >= 4 is 11.9 Å². The smallest absolute Gasteiger partial charge is 0.416 e. The molecule has 2 aromatic carbocycles. The van der Waals surface area contributed by atoms with Gasteiger partial charge in [-0.05, 0) is 54.3 Å². The minimum Gasteiger partial charge on any atom is -0.478 e. The lowest BCUT2D eigenvalue weighted by molar-refractivity contribution is -0.138. The summed E-state index contributed by atoms with van der Waals surface area (Å²) in [6.45, 7) is 0.0852. The van der Waals surface area contributed by atoms with E-state index in [1.54, 1.807) is 0 Å². The minimum absolute atomic E-state index is 0.00792. The van der Waals surface area contributed by atoms with Crippen molar-refractivity contribution in [3.63, 3.8) is 0 Å². The van der Waals surface area contributed by atoms with Gasteiger partial charge in [0.05, 0.1) is 16.5 Å². The molecule has 2 aromatic rings. The van der Waals surface area contributed by atoms with Crippen LogP contribution in [0.2, 0.25) is 0 Å². The molecule has 0 radical (unpaired) electrons. The normalized spacial score (nSPS) is 15.3. The molecule has 1 amide bonds. The van der Waals surface area contributed by atoms with Crippen molar-refractivity contribution in [1.29, 1.82) is 0 Å². The maximum absolute atomic E-state index is 13.7. The Balaban J connectivity index is 1.75. The van der Waals surface area contributed by atoms with E-state index in [2.05, 4.69) is 5.32 Å². The molecule has 142 valence electrons. The molecule has 27 heavy (non-hydrogen) atoms. The van der Waals surface area contributed by atoms with Gasteiger partial charge >= 0.3 is 12.1 Å². The zero-order valence-corrected chi connectivity index (χ0v) is 13.9. The number of amides is 1. The Labute approximate surface area is 151 Å². The SMILES string of the molecule is O=C(O)c1ccc(CNC(=O)C2(c3cc(F)cc(C(F)(F)F)c3)CC2)cc1. The molecular weight excluding hydrogens is 366 g/mol. The van der Waals surface area contributed by atoms with Gasteiger partial charge in [-0.15, -0.1) is 0 Å². The second-order valence-corrected chi connectivity index (χ2v) is 6.49. The van der Waals surface area contributed by atoms with Gasteiger partial charge in [-0.25, -0.2) is 9.18 Å². The van der Waals surface area contributed by atoms with Crippen LogP contribution in [0.3, 0.4) is 0 Å². The van der Waals surface area contributed by atoms with Crippen LogP contribution in [0, 0.1) is 5.82 Å². The van der Waals surface area contributed by atoms with E-state index in [1.165, 1.54) is 24.3 Å². The van der Waals surface area contributed by atoms with Gasteiger partial charge < -0.3 is 10.4 Å². The number of alkyl halides is 3. The van der Waals surface area contributed by atoms with Gasteiger partial charge in [0, 0.05) is 6.54 Å². The summed E-state index contributed by atoms with van der Waals surface area (Å²) >= 11 is 0. The Kier molecular flexibility index (Phi) is 4.67. The molecule has 0 heterocycles. The number of carbonyl (C=O) groups excluding carboxylic acids is 1. The van der Waals surface area contributed by atoms with Gasteiger partial charge in [0.15, 0.2) is 0 Å². The van der Waals surface area contributed by atoms with Crippen molar-refractivity contribution in [2.24, 2.45) is 0 Å². The first-order chi connectivity index (χ1) is 12.6. The van der Waals surface area contributed by atoms with Crippen LogP contribution >= 0.6 is 0 Å². The Bertz CT molecular complexity index is 887. The summed E-state index contributed by atoms with van der Waals surface area (Å²) in [5.74, 6) is -2.60. The topological polar surface area (TPSA) is 66.4 Å². The molecule has 1 aliphatic rings. The highest BCUT2D eigenvalue weighted by Crippen LogP contribution is 2.49. The van der Waals surface area contributed by atoms with E-state index in [-0.39, 0.29) is 17.7 Å². The molecule has 1 fully saturated rings. The zero-order chi connectivity index (χ0) is 19.8. The largest absolute Gasteiger partial charge is 0.478 e. The molecule has 4 nitrogen and oxygen atoms in total. The molecule has 0 unspecified atom stereocenters. The first-order valence-corrected chi connectivity index (χ1v) is 8.11. The minimum atomic E-state index is -4.70. The zero-order valence-electron chi connectivity index (χ0n) is 13.9. The second kappa shape index (κ2) is 6.68. The van der Waals surface area contributed by atoms with Gasteiger partial charge in [0.1, 0.15) is 5.82 Å². The van der Waals surface area contributed by atoms with Crippen molar-refractivity contribution in [2.75, 3.05) is 0 Å². The third-order valence-corrected chi connectivity index (χ3v) is 4.62. The summed E-state index contributed by atoms with van der Waals surface area (Å²) < 4.78 is 52.4. The van der Waals surface area contributed by atoms with Crippen LogP contribution in [-0.4, -0.2) is 17.0 Å². The first-order valence-electron chi connectivity index (χ1n) is 8.11.